The zero-order valence-electron chi connectivity index (χ0n) is 12.0. The standard InChI is InChI=1S/C15H19N3OS/c1-10(2)18-7-6-15(18,3)14(19)17-11-4-5-13-12(8-11)16-9-20-13/h4-5,8-10H,6-7H2,1-3H3,(H,17,19). The number of hydrogen-bond acceptors (Lipinski definition) is 4. The summed E-state index contributed by atoms with van der Waals surface area (Å²) in [5.74, 6) is 0.0760. The van der Waals surface area contributed by atoms with Gasteiger partial charge in [0.25, 0.3) is 0 Å². The van der Waals surface area contributed by atoms with Crippen LogP contribution in [0.5, 0.6) is 0 Å². The number of carbonyl (C=O) groups is 1. The molecule has 20 heavy (non-hydrogen) atoms. The van der Waals surface area contributed by atoms with Crippen molar-refractivity contribution in [1.82, 2.24) is 9.88 Å². The molecular weight excluding hydrogens is 270 g/mol. The van der Waals surface area contributed by atoms with Gasteiger partial charge in [0.1, 0.15) is 0 Å². The van der Waals surface area contributed by atoms with Crippen LogP contribution in [0.3, 0.4) is 0 Å². The number of hydrogen-bond donors (Lipinski definition) is 1. The molecule has 1 aliphatic heterocycles. The largest absolute Gasteiger partial charge is 0.324 e. The third kappa shape index (κ3) is 2.11. The molecule has 1 fully saturated rings. The van der Waals surface area contributed by atoms with Crippen LogP contribution < -0.4 is 5.32 Å². The molecular formula is C15H19N3OS. The van der Waals surface area contributed by atoms with Crippen LogP contribution in [0.4, 0.5) is 5.69 Å². The normalized spacial score (nSPS) is 23.0. The fourth-order valence-electron chi connectivity index (χ4n) is 2.85. The van der Waals surface area contributed by atoms with Crippen molar-refractivity contribution in [2.45, 2.75) is 38.8 Å². The third-order valence-electron chi connectivity index (χ3n) is 4.17. The molecule has 5 heteroatoms. The van der Waals surface area contributed by atoms with Gasteiger partial charge in [-0.05, 0) is 45.4 Å². The fourth-order valence-corrected chi connectivity index (χ4v) is 3.51. The highest BCUT2D eigenvalue weighted by Gasteiger charge is 2.47. The number of fused-ring (bicyclic) bond motifs is 1. The number of carbonyl (C=O) groups excluding carboxylic acids is 1. The molecule has 1 amide bonds. The number of benzene rings is 1. The summed E-state index contributed by atoms with van der Waals surface area (Å²) >= 11 is 1.61. The predicted octanol–water partition coefficient (Wildman–Crippen LogP) is 3.11. The van der Waals surface area contributed by atoms with E-state index in [1.165, 1.54) is 0 Å². The van der Waals surface area contributed by atoms with Gasteiger partial charge in [0.2, 0.25) is 5.91 Å². The average molecular weight is 289 g/mol. The van der Waals surface area contributed by atoms with Gasteiger partial charge in [-0.1, -0.05) is 0 Å². The van der Waals surface area contributed by atoms with Crippen molar-refractivity contribution in [1.29, 1.82) is 0 Å². The van der Waals surface area contributed by atoms with Crippen LogP contribution in [0.25, 0.3) is 10.2 Å². The quantitative estimate of drug-likeness (QED) is 0.944. The van der Waals surface area contributed by atoms with E-state index in [0.29, 0.717) is 6.04 Å². The molecule has 1 saturated heterocycles. The summed E-state index contributed by atoms with van der Waals surface area (Å²) in [7, 11) is 0. The molecule has 1 unspecified atom stereocenters. The first-order chi connectivity index (χ1) is 9.50. The first-order valence-electron chi connectivity index (χ1n) is 6.92. The summed E-state index contributed by atoms with van der Waals surface area (Å²) in [6.07, 6.45) is 0.913. The lowest BCUT2D eigenvalue weighted by atomic mass is 9.84. The van der Waals surface area contributed by atoms with Gasteiger partial charge in [-0.25, -0.2) is 4.98 Å². The van der Waals surface area contributed by atoms with Crippen LogP contribution in [0.2, 0.25) is 0 Å². The maximum absolute atomic E-state index is 12.5. The lowest BCUT2D eigenvalue weighted by Crippen LogP contribution is -2.66. The lowest BCUT2D eigenvalue weighted by molar-refractivity contribution is -0.138. The second-order valence-electron chi connectivity index (χ2n) is 5.80. The number of anilines is 1. The summed E-state index contributed by atoms with van der Waals surface area (Å²) in [4.78, 5) is 19.1. The molecule has 4 nitrogen and oxygen atoms in total. The van der Waals surface area contributed by atoms with Gasteiger partial charge < -0.3 is 5.32 Å². The molecule has 2 heterocycles. The van der Waals surface area contributed by atoms with Crippen LogP contribution in [0.1, 0.15) is 27.2 Å². The highest BCUT2D eigenvalue weighted by molar-refractivity contribution is 7.16. The Morgan fingerprint density at radius 1 is 1.50 bits per heavy atom. The summed E-state index contributed by atoms with van der Waals surface area (Å²) < 4.78 is 1.14. The van der Waals surface area contributed by atoms with Gasteiger partial charge >= 0.3 is 0 Å². The molecule has 1 N–H and O–H groups in total. The SMILES string of the molecule is CC(C)N1CCC1(C)C(=O)Nc1ccc2scnc2c1. The van der Waals surface area contributed by atoms with Gasteiger partial charge in [-0.2, -0.15) is 0 Å². The molecule has 1 aliphatic rings. The van der Waals surface area contributed by atoms with E-state index < -0.39 is 0 Å². The Labute approximate surface area is 122 Å². The maximum Gasteiger partial charge on any atom is 0.244 e. The Kier molecular flexibility index (Phi) is 3.26. The Hall–Kier alpha value is -1.46. The topological polar surface area (TPSA) is 45.2 Å². The third-order valence-corrected chi connectivity index (χ3v) is 4.98. The van der Waals surface area contributed by atoms with Crippen LogP contribution in [-0.4, -0.2) is 33.9 Å². The number of amides is 1. The van der Waals surface area contributed by atoms with Gasteiger partial charge in [0.05, 0.1) is 21.3 Å². The van der Waals surface area contributed by atoms with Crippen molar-refractivity contribution >= 4 is 33.1 Å². The number of thiazole rings is 1. The first-order valence-corrected chi connectivity index (χ1v) is 7.80. The van der Waals surface area contributed by atoms with E-state index in [2.05, 4.69) is 29.0 Å². The Bertz CT molecular complexity index is 651. The summed E-state index contributed by atoms with van der Waals surface area (Å²) in [6.45, 7) is 7.28. The zero-order chi connectivity index (χ0) is 14.3. The van der Waals surface area contributed by atoms with Gasteiger partial charge in [-0.15, -0.1) is 11.3 Å². The first kappa shape index (κ1) is 13.5. The number of nitrogens with zero attached hydrogens (tertiary/aromatic N) is 2. The van der Waals surface area contributed by atoms with Crippen LogP contribution in [0.15, 0.2) is 23.7 Å². The van der Waals surface area contributed by atoms with Crippen LogP contribution in [0, 0.1) is 0 Å². The minimum absolute atomic E-state index is 0.0760. The van der Waals surface area contributed by atoms with Gasteiger partial charge in [0, 0.05) is 18.3 Å². The van der Waals surface area contributed by atoms with E-state index in [9.17, 15) is 4.79 Å². The molecule has 1 aromatic heterocycles. The molecule has 0 spiro atoms. The summed E-state index contributed by atoms with van der Waals surface area (Å²) in [5, 5.41) is 3.04. The Morgan fingerprint density at radius 3 is 2.95 bits per heavy atom. The van der Waals surface area contributed by atoms with Crippen molar-refractivity contribution in [3.63, 3.8) is 0 Å². The van der Waals surface area contributed by atoms with Gasteiger partial charge in [-0.3, -0.25) is 9.69 Å². The molecule has 1 aromatic carbocycles. The van der Waals surface area contributed by atoms with Crippen molar-refractivity contribution in [3.05, 3.63) is 23.7 Å². The lowest BCUT2D eigenvalue weighted by Gasteiger charge is -2.51. The number of aromatic nitrogens is 1. The molecule has 0 aliphatic carbocycles. The van der Waals surface area contributed by atoms with Crippen molar-refractivity contribution < 1.29 is 4.79 Å². The molecule has 1 atom stereocenters. The predicted molar refractivity (Wildman–Crippen MR) is 83.1 cm³/mol. The molecule has 0 bridgehead atoms. The molecule has 2 aromatic rings. The Morgan fingerprint density at radius 2 is 2.30 bits per heavy atom. The Balaban J connectivity index is 1.78. The minimum Gasteiger partial charge on any atom is -0.324 e. The fraction of sp³-hybridized carbons (Fsp3) is 0.467. The van der Waals surface area contributed by atoms with E-state index in [4.69, 9.17) is 0 Å². The van der Waals surface area contributed by atoms with E-state index in [-0.39, 0.29) is 11.4 Å². The monoisotopic (exact) mass is 289 g/mol. The highest BCUT2D eigenvalue weighted by atomic mass is 32.1. The van der Waals surface area contributed by atoms with Crippen molar-refractivity contribution in [3.8, 4) is 0 Å². The highest BCUT2D eigenvalue weighted by Crippen LogP contribution is 2.33. The maximum atomic E-state index is 12.5. The van der Waals surface area contributed by atoms with Crippen molar-refractivity contribution in [2.24, 2.45) is 0 Å². The summed E-state index contributed by atoms with van der Waals surface area (Å²) in [5.41, 5.74) is 3.20. The molecule has 106 valence electrons. The summed E-state index contributed by atoms with van der Waals surface area (Å²) in [6, 6.07) is 6.28. The van der Waals surface area contributed by atoms with Gasteiger partial charge in [0.15, 0.2) is 0 Å². The van der Waals surface area contributed by atoms with Crippen LogP contribution >= 0.6 is 11.3 Å². The number of rotatable bonds is 3. The minimum atomic E-state index is -0.384. The average Bonchev–Trinajstić information content (AvgIpc) is 2.83. The molecule has 3 rings (SSSR count). The zero-order valence-corrected chi connectivity index (χ0v) is 12.8. The molecule has 0 radical (unpaired) electrons. The molecule has 0 saturated carbocycles. The van der Waals surface area contributed by atoms with Crippen molar-refractivity contribution in [2.75, 3.05) is 11.9 Å². The van der Waals surface area contributed by atoms with E-state index in [1.54, 1.807) is 11.3 Å². The van der Waals surface area contributed by atoms with E-state index in [1.807, 2.05) is 30.6 Å². The smallest absolute Gasteiger partial charge is 0.244 e. The van der Waals surface area contributed by atoms with Crippen LogP contribution in [-0.2, 0) is 4.79 Å². The second kappa shape index (κ2) is 4.82. The number of likely N-dealkylation sites (tertiary alicyclic amines) is 1. The second-order valence-corrected chi connectivity index (χ2v) is 6.69. The van der Waals surface area contributed by atoms with E-state index >= 15 is 0 Å². The number of nitrogens with one attached hydrogen (secondary N) is 1. The van der Waals surface area contributed by atoms with E-state index in [0.717, 1.165) is 28.9 Å².